The third-order valence-electron chi connectivity index (χ3n) is 4.80. The average Bonchev–Trinajstić information content (AvgIpc) is 3.33. The van der Waals surface area contributed by atoms with Gasteiger partial charge in [-0.05, 0) is 67.6 Å². The van der Waals surface area contributed by atoms with Gasteiger partial charge in [-0.3, -0.25) is 4.79 Å². The number of halogens is 1. The van der Waals surface area contributed by atoms with Crippen LogP contribution in [0.1, 0.15) is 29.0 Å². The molecule has 5 nitrogen and oxygen atoms in total. The predicted molar refractivity (Wildman–Crippen MR) is 118 cm³/mol. The van der Waals surface area contributed by atoms with E-state index in [-0.39, 0.29) is 5.56 Å². The Morgan fingerprint density at radius 2 is 2.00 bits per heavy atom. The zero-order valence-corrected chi connectivity index (χ0v) is 17.7. The molecule has 1 aromatic carbocycles. The van der Waals surface area contributed by atoms with E-state index < -0.39 is 0 Å². The normalized spacial score (nSPS) is 14.0. The smallest absolute Gasteiger partial charge is 0.282 e. The van der Waals surface area contributed by atoms with E-state index in [1.165, 1.54) is 34.1 Å². The van der Waals surface area contributed by atoms with E-state index in [1.807, 2.05) is 36.4 Å². The highest BCUT2D eigenvalue weighted by Crippen LogP contribution is 2.33. The van der Waals surface area contributed by atoms with Crippen LogP contribution in [0.3, 0.4) is 0 Å². The minimum atomic E-state index is -0.118. The summed E-state index contributed by atoms with van der Waals surface area (Å²) in [5.74, 6) is 0.570. The zero-order valence-electron chi connectivity index (χ0n) is 15.3. The first-order valence-corrected chi connectivity index (χ1v) is 11.3. The van der Waals surface area contributed by atoms with Crippen molar-refractivity contribution in [1.82, 2.24) is 9.66 Å². The lowest BCUT2D eigenvalue weighted by molar-refractivity contribution is 0.468. The molecule has 3 aromatic heterocycles. The van der Waals surface area contributed by atoms with Gasteiger partial charge in [-0.2, -0.15) is 9.78 Å². The number of hydrogen-bond acceptors (Lipinski definition) is 6. The fraction of sp³-hybridized carbons (Fsp3) is 0.190. The van der Waals surface area contributed by atoms with Gasteiger partial charge in [-0.1, -0.05) is 23.4 Å². The van der Waals surface area contributed by atoms with Crippen molar-refractivity contribution in [1.29, 1.82) is 0 Å². The van der Waals surface area contributed by atoms with Crippen molar-refractivity contribution in [3.63, 3.8) is 0 Å². The molecule has 0 fully saturated rings. The van der Waals surface area contributed by atoms with E-state index >= 15 is 0 Å². The highest BCUT2D eigenvalue weighted by atomic mass is 35.5. The van der Waals surface area contributed by atoms with E-state index in [0.717, 1.165) is 45.0 Å². The second-order valence-electron chi connectivity index (χ2n) is 6.74. The van der Waals surface area contributed by atoms with Gasteiger partial charge in [-0.25, -0.2) is 4.98 Å². The van der Waals surface area contributed by atoms with Gasteiger partial charge < -0.3 is 4.42 Å². The van der Waals surface area contributed by atoms with Crippen LogP contribution in [0.15, 0.2) is 67.0 Å². The van der Waals surface area contributed by atoms with Gasteiger partial charge in [0.15, 0.2) is 5.09 Å². The molecular weight excluding hydrogens is 426 g/mol. The fourth-order valence-electron chi connectivity index (χ4n) is 3.42. The van der Waals surface area contributed by atoms with Crippen molar-refractivity contribution in [2.45, 2.75) is 35.7 Å². The van der Waals surface area contributed by atoms with Crippen molar-refractivity contribution in [3.8, 4) is 0 Å². The quantitative estimate of drug-likeness (QED) is 0.386. The summed E-state index contributed by atoms with van der Waals surface area (Å²) in [5, 5.41) is 6.45. The summed E-state index contributed by atoms with van der Waals surface area (Å²) in [6, 6.07) is 11.3. The number of rotatable bonds is 4. The maximum absolute atomic E-state index is 12.9. The van der Waals surface area contributed by atoms with Crippen molar-refractivity contribution in [2.75, 3.05) is 0 Å². The topological polar surface area (TPSA) is 60.4 Å². The lowest BCUT2D eigenvalue weighted by atomic mass is 9.97. The van der Waals surface area contributed by atoms with Crippen molar-refractivity contribution < 1.29 is 4.42 Å². The number of furan rings is 1. The van der Waals surface area contributed by atoms with Gasteiger partial charge >= 0.3 is 0 Å². The Labute approximate surface area is 180 Å². The van der Waals surface area contributed by atoms with E-state index in [4.69, 9.17) is 16.0 Å². The van der Waals surface area contributed by atoms with Crippen LogP contribution in [0.4, 0.5) is 0 Å². The number of thiophene rings is 1. The molecule has 0 spiro atoms. The summed E-state index contributed by atoms with van der Waals surface area (Å²) < 4.78 is 7.08. The summed E-state index contributed by atoms with van der Waals surface area (Å²) in [7, 11) is 0. The Morgan fingerprint density at radius 3 is 2.86 bits per heavy atom. The molecule has 5 rings (SSSR count). The lowest BCUT2D eigenvalue weighted by Gasteiger charge is -2.09. The van der Waals surface area contributed by atoms with Crippen LogP contribution < -0.4 is 5.56 Å². The standard InChI is InChI=1S/C21H16ClN3O2S2/c22-13-5-8-15(9-6-13)28-18-10-7-14(27-18)11-24-25-12-23-20-19(21(25)26)16-3-1-2-4-17(16)29-20/h5-12H,1-4H2. The molecule has 1 aliphatic rings. The molecule has 0 unspecified atom stereocenters. The number of aryl methyl sites for hydroxylation is 2. The van der Waals surface area contributed by atoms with Gasteiger partial charge in [0.25, 0.3) is 5.56 Å². The second kappa shape index (κ2) is 7.82. The van der Waals surface area contributed by atoms with Gasteiger partial charge in [0, 0.05) is 14.8 Å². The molecule has 0 bridgehead atoms. The molecule has 0 N–H and O–H groups in total. The first-order valence-electron chi connectivity index (χ1n) is 9.27. The van der Waals surface area contributed by atoms with E-state index in [2.05, 4.69) is 10.1 Å². The third-order valence-corrected chi connectivity index (χ3v) is 7.18. The summed E-state index contributed by atoms with van der Waals surface area (Å²) in [4.78, 5) is 20.5. The Kier molecular flexibility index (Phi) is 5.03. The van der Waals surface area contributed by atoms with Crippen LogP contribution in [0.2, 0.25) is 5.02 Å². The maximum Gasteiger partial charge on any atom is 0.282 e. The van der Waals surface area contributed by atoms with Gasteiger partial charge in [0.1, 0.15) is 16.9 Å². The largest absolute Gasteiger partial charge is 0.448 e. The molecule has 0 saturated carbocycles. The molecule has 0 saturated heterocycles. The van der Waals surface area contributed by atoms with Crippen molar-refractivity contribution >= 4 is 51.1 Å². The SMILES string of the molecule is O=c1c2c3c(sc2ncn1N=Cc1ccc(Sc2ccc(Cl)cc2)o1)CCCC3. The molecule has 0 aliphatic heterocycles. The van der Waals surface area contributed by atoms with Crippen LogP contribution in [-0.2, 0) is 12.8 Å². The molecule has 1 aliphatic carbocycles. The monoisotopic (exact) mass is 441 g/mol. The van der Waals surface area contributed by atoms with Gasteiger partial charge in [0.05, 0.1) is 11.6 Å². The number of benzene rings is 1. The summed E-state index contributed by atoms with van der Waals surface area (Å²) in [5.41, 5.74) is 1.05. The van der Waals surface area contributed by atoms with Crippen molar-refractivity contribution in [3.05, 3.63) is 74.3 Å². The molecule has 0 atom stereocenters. The number of fused-ring (bicyclic) bond motifs is 3. The number of hydrogen-bond donors (Lipinski definition) is 0. The first kappa shape index (κ1) is 18.7. The van der Waals surface area contributed by atoms with Gasteiger partial charge in [0.2, 0.25) is 0 Å². The summed E-state index contributed by atoms with van der Waals surface area (Å²) in [6.45, 7) is 0. The van der Waals surface area contributed by atoms with E-state index in [1.54, 1.807) is 17.6 Å². The third kappa shape index (κ3) is 3.77. The van der Waals surface area contributed by atoms with Gasteiger partial charge in [-0.15, -0.1) is 11.3 Å². The molecule has 146 valence electrons. The Morgan fingerprint density at radius 1 is 1.17 bits per heavy atom. The Balaban J connectivity index is 1.39. The van der Waals surface area contributed by atoms with Crippen LogP contribution in [0.5, 0.6) is 0 Å². The highest BCUT2D eigenvalue weighted by Gasteiger charge is 2.19. The minimum absolute atomic E-state index is 0.118. The molecule has 8 heteroatoms. The predicted octanol–water partition coefficient (Wildman–Crippen LogP) is 5.62. The number of nitrogens with zero attached hydrogens (tertiary/aromatic N) is 3. The van der Waals surface area contributed by atoms with Crippen LogP contribution in [0.25, 0.3) is 10.2 Å². The van der Waals surface area contributed by atoms with Crippen molar-refractivity contribution in [2.24, 2.45) is 5.10 Å². The summed E-state index contributed by atoms with van der Waals surface area (Å²) in [6.07, 6.45) is 7.32. The minimum Gasteiger partial charge on any atom is -0.448 e. The molecule has 3 heterocycles. The van der Waals surface area contributed by atoms with E-state index in [0.29, 0.717) is 10.8 Å². The average molecular weight is 442 g/mol. The first-order chi connectivity index (χ1) is 14.2. The van der Waals surface area contributed by atoms with Crippen LogP contribution in [0, 0.1) is 0 Å². The molecule has 4 aromatic rings. The zero-order chi connectivity index (χ0) is 19.8. The lowest BCUT2D eigenvalue weighted by Crippen LogP contribution is -2.17. The highest BCUT2D eigenvalue weighted by molar-refractivity contribution is 7.99. The van der Waals surface area contributed by atoms with Crippen LogP contribution >= 0.6 is 34.7 Å². The number of aromatic nitrogens is 2. The molecule has 0 amide bonds. The fourth-order valence-corrected chi connectivity index (χ4v) is 5.54. The van der Waals surface area contributed by atoms with E-state index in [9.17, 15) is 4.79 Å². The second-order valence-corrected chi connectivity index (χ2v) is 9.34. The Bertz CT molecular complexity index is 1270. The molecule has 29 heavy (non-hydrogen) atoms. The molecule has 0 radical (unpaired) electrons. The molecular formula is C21H16ClN3O2S2. The van der Waals surface area contributed by atoms with Crippen LogP contribution in [-0.4, -0.2) is 15.9 Å². The maximum atomic E-state index is 12.9. The Hall–Kier alpha value is -2.35. The summed E-state index contributed by atoms with van der Waals surface area (Å²) >= 11 is 9.05.